The third kappa shape index (κ3) is 0.789. The zero-order chi connectivity index (χ0) is 7.35. The lowest BCUT2D eigenvalue weighted by Crippen LogP contribution is -2.31. The molecule has 1 saturated carbocycles. The SMILES string of the molecule is CC1CC(O)C2OC2(C)C1. The summed E-state index contributed by atoms with van der Waals surface area (Å²) in [6.07, 6.45) is 1.99. The molecule has 0 aromatic rings. The molecule has 1 N–H and O–H groups in total. The van der Waals surface area contributed by atoms with Gasteiger partial charge in [-0.15, -0.1) is 0 Å². The lowest BCUT2D eigenvalue weighted by molar-refractivity contribution is 0.105. The third-order valence-electron chi connectivity index (χ3n) is 2.69. The molecule has 2 heteroatoms. The number of rotatable bonds is 0. The molecule has 2 nitrogen and oxygen atoms in total. The summed E-state index contributed by atoms with van der Waals surface area (Å²) in [6.45, 7) is 4.27. The van der Waals surface area contributed by atoms with Crippen molar-refractivity contribution in [1.82, 2.24) is 0 Å². The van der Waals surface area contributed by atoms with Gasteiger partial charge in [-0.2, -0.15) is 0 Å². The molecule has 1 aliphatic heterocycles. The van der Waals surface area contributed by atoms with Crippen molar-refractivity contribution in [3.8, 4) is 0 Å². The highest BCUT2D eigenvalue weighted by Gasteiger charge is 2.59. The first-order valence-corrected chi connectivity index (χ1v) is 3.98. The van der Waals surface area contributed by atoms with Crippen molar-refractivity contribution in [2.75, 3.05) is 0 Å². The summed E-state index contributed by atoms with van der Waals surface area (Å²) in [6, 6.07) is 0. The molecule has 4 atom stereocenters. The van der Waals surface area contributed by atoms with E-state index in [9.17, 15) is 5.11 Å². The summed E-state index contributed by atoms with van der Waals surface area (Å²) in [5, 5.41) is 9.43. The van der Waals surface area contributed by atoms with Crippen molar-refractivity contribution in [2.24, 2.45) is 5.92 Å². The van der Waals surface area contributed by atoms with E-state index < -0.39 is 0 Å². The number of epoxide rings is 1. The van der Waals surface area contributed by atoms with Crippen LogP contribution in [0.1, 0.15) is 26.7 Å². The van der Waals surface area contributed by atoms with Gasteiger partial charge in [-0.1, -0.05) is 6.92 Å². The van der Waals surface area contributed by atoms with Gasteiger partial charge in [-0.25, -0.2) is 0 Å². The highest BCUT2D eigenvalue weighted by atomic mass is 16.6. The van der Waals surface area contributed by atoms with Crippen LogP contribution in [0, 0.1) is 5.92 Å². The van der Waals surface area contributed by atoms with Gasteiger partial charge in [0.15, 0.2) is 0 Å². The topological polar surface area (TPSA) is 32.8 Å². The maximum atomic E-state index is 9.43. The summed E-state index contributed by atoms with van der Waals surface area (Å²) >= 11 is 0. The third-order valence-corrected chi connectivity index (χ3v) is 2.69. The summed E-state index contributed by atoms with van der Waals surface area (Å²) < 4.78 is 5.40. The van der Waals surface area contributed by atoms with Crippen molar-refractivity contribution >= 4 is 0 Å². The van der Waals surface area contributed by atoms with E-state index in [1.807, 2.05) is 0 Å². The van der Waals surface area contributed by atoms with E-state index in [1.165, 1.54) is 0 Å². The van der Waals surface area contributed by atoms with Crippen LogP contribution < -0.4 is 0 Å². The van der Waals surface area contributed by atoms with Gasteiger partial charge in [0.1, 0.15) is 6.10 Å². The molecule has 2 aliphatic rings. The molecule has 4 unspecified atom stereocenters. The highest BCUT2D eigenvalue weighted by molar-refractivity contribution is 5.07. The fraction of sp³-hybridized carbons (Fsp3) is 1.00. The quantitative estimate of drug-likeness (QED) is 0.510. The largest absolute Gasteiger partial charge is 0.390 e. The normalized spacial score (nSPS) is 59.7. The van der Waals surface area contributed by atoms with E-state index in [0.29, 0.717) is 5.92 Å². The predicted octanol–water partition coefficient (Wildman–Crippen LogP) is 0.935. The number of aliphatic hydroxyl groups is 1. The van der Waals surface area contributed by atoms with Crippen molar-refractivity contribution < 1.29 is 9.84 Å². The molecular weight excluding hydrogens is 128 g/mol. The molecule has 10 heavy (non-hydrogen) atoms. The molecule has 2 rings (SSSR count). The minimum absolute atomic E-state index is 0.0388. The Morgan fingerprint density at radius 2 is 2.30 bits per heavy atom. The van der Waals surface area contributed by atoms with Crippen LogP contribution in [-0.4, -0.2) is 22.9 Å². The van der Waals surface area contributed by atoms with E-state index >= 15 is 0 Å². The number of fused-ring (bicyclic) bond motifs is 1. The Labute approximate surface area is 61.2 Å². The van der Waals surface area contributed by atoms with Crippen molar-refractivity contribution in [3.63, 3.8) is 0 Å². The van der Waals surface area contributed by atoms with E-state index in [0.717, 1.165) is 12.8 Å². The van der Waals surface area contributed by atoms with Gasteiger partial charge in [0.2, 0.25) is 0 Å². The van der Waals surface area contributed by atoms with E-state index in [2.05, 4.69) is 13.8 Å². The summed E-state index contributed by atoms with van der Waals surface area (Å²) in [4.78, 5) is 0. The Morgan fingerprint density at radius 1 is 1.60 bits per heavy atom. The van der Waals surface area contributed by atoms with Crippen LogP contribution in [0.15, 0.2) is 0 Å². The zero-order valence-electron chi connectivity index (χ0n) is 6.50. The minimum atomic E-state index is -0.200. The Kier molecular flexibility index (Phi) is 1.15. The number of ether oxygens (including phenoxy) is 1. The fourth-order valence-electron chi connectivity index (χ4n) is 2.22. The van der Waals surface area contributed by atoms with Gasteiger partial charge in [0, 0.05) is 0 Å². The van der Waals surface area contributed by atoms with Gasteiger partial charge in [-0.3, -0.25) is 0 Å². The van der Waals surface area contributed by atoms with Crippen molar-refractivity contribution in [3.05, 3.63) is 0 Å². The van der Waals surface area contributed by atoms with Crippen LogP contribution >= 0.6 is 0 Å². The molecule has 0 aromatic carbocycles. The molecule has 1 aliphatic carbocycles. The van der Waals surface area contributed by atoms with Gasteiger partial charge < -0.3 is 9.84 Å². The number of hydrogen-bond acceptors (Lipinski definition) is 2. The van der Waals surface area contributed by atoms with Gasteiger partial charge in [-0.05, 0) is 25.7 Å². The van der Waals surface area contributed by atoms with E-state index in [4.69, 9.17) is 4.74 Å². The number of aliphatic hydroxyl groups excluding tert-OH is 1. The van der Waals surface area contributed by atoms with Crippen LogP contribution in [0.2, 0.25) is 0 Å². The van der Waals surface area contributed by atoms with Gasteiger partial charge in [0.25, 0.3) is 0 Å². The predicted molar refractivity (Wildman–Crippen MR) is 37.7 cm³/mol. The molecule has 1 saturated heterocycles. The smallest absolute Gasteiger partial charge is 0.113 e. The Balaban J connectivity index is 2.08. The molecule has 2 fully saturated rings. The second-order valence-corrected chi connectivity index (χ2v) is 3.96. The lowest BCUT2D eigenvalue weighted by Gasteiger charge is -2.23. The van der Waals surface area contributed by atoms with Crippen LogP contribution in [0.3, 0.4) is 0 Å². The Hall–Kier alpha value is -0.0800. The van der Waals surface area contributed by atoms with Crippen LogP contribution in [0.4, 0.5) is 0 Å². The lowest BCUT2D eigenvalue weighted by atomic mass is 9.82. The second kappa shape index (κ2) is 1.74. The molecule has 0 aromatic heterocycles. The molecule has 58 valence electrons. The van der Waals surface area contributed by atoms with Crippen molar-refractivity contribution in [2.45, 2.75) is 44.5 Å². The molecular formula is C8H14O2. The molecule has 0 radical (unpaired) electrons. The molecule has 0 amide bonds. The highest BCUT2D eigenvalue weighted by Crippen LogP contribution is 2.49. The number of hydrogen-bond donors (Lipinski definition) is 1. The summed E-state index contributed by atoms with van der Waals surface area (Å²) in [5.74, 6) is 0.624. The van der Waals surface area contributed by atoms with Crippen LogP contribution in [-0.2, 0) is 4.74 Å². The fourth-order valence-corrected chi connectivity index (χ4v) is 2.22. The molecule has 1 heterocycles. The summed E-state index contributed by atoms with van der Waals surface area (Å²) in [7, 11) is 0. The average molecular weight is 142 g/mol. The standard InChI is InChI=1S/C8H14O2/c1-5-3-6(9)7-8(2,4-5)10-7/h5-7,9H,3-4H2,1-2H3. The first-order chi connectivity index (χ1) is 4.62. The van der Waals surface area contributed by atoms with Gasteiger partial charge >= 0.3 is 0 Å². The van der Waals surface area contributed by atoms with Crippen molar-refractivity contribution in [1.29, 1.82) is 0 Å². The first-order valence-electron chi connectivity index (χ1n) is 3.98. The minimum Gasteiger partial charge on any atom is -0.390 e. The van der Waals surface area contributed by atoms with E-state index in [1.54, 1.807) is 0 Å². The van der Waals surface area contributed by atoms with E-state index in [-0.39, 0.29) is 17.8 Å². The Bertz CT molecular complexity index is 157. The first kappa shape index (κ1) is 6.62. The maximum Gasteiger partial charge on any atom is 0.113 e. The maximum absolute atomic E-state index is 9.43. The Morgan fingerprint density at radius 3 is 2.90 bits per heavy atom. The average Bonchev–Trinajstić information content (AvgIpc) is 2.39. The summed E-state index contributed by atoms with van der Waals surface area (Å²) in [5.41, 5.74) is 0.0388. The molecule has 0 bridgehead atoms. The molecule has 0 spiro atoms. The van der Waals surface area contributed by atoms with Gasteiger partial charge in [0.05, 0.1) is 11.7 Å². The monoisotopic (exact) mass is 142 g/mol. The second-order valence-electron chi connectivity index (χ2n) is 3.96. The zero-order valence-corrected chi connectivity index (χ0v) is 6.50. The van der Waals surface area contributed by atoms with Crippen LogP contribution in [0.5, 0.6) is 0 Å². The van der Waals surface area contributed by atoms with Crippen LogP contribution in [0.25, 0.3) is 0 Å².